The van der Waals surface area contributed by atoms with Gasteiger partial charge in [0.1, 0.15) is 0 Å². The lowest BCUT2D eigenvalue weighted by molar-refractivity contribution is 0.00161. The summed E-state index contributed by atoms with van der Waals surface area (Å²) < 4.78 is 31.5. The molecule has 6 heteroatoms. The second-order valence-electron chi connectivity index (χ2n) is 3.61. The fourth-order valence-corrected chi connectivity index (χ4v) is 3.79. The maximum absolute atomic E-state index is 10.4. The molecule has 0 unspecified atom stereocenters. The molecule has 4 nitrogen and oxygen atoms in total. The summed E-state index contributed by atoms with van der Waals surface area (Å²) >= 11 is 4.29. The second kappa shape index (κ2) is 1.76. The Balaban J connectivity index is 2.02. The molecule has 0 spiro atoms. The van der Waals surface area contributed by atoms with E-state index in [-0.39, 0.29) is 10.3 Å². The average molecular weight is 195 g/mol. The Bertz CT molecular complexity index is 277. The lowest BCUT2D eigenvalue weighted by Crippen LogP contribution is -2.76. The summed E-state index contributed by atoms with van der Waals surface area (Å²) in [5.74, 6) is 0. The van der Waals surface area contributed by atoms with Crippen molar-refractivity contribution >= 4 is 22.9 Å². The molecule has 0 amide bonds. The van der Waals surface area contributed by atoms with Gasteiger partial charge in [-0.2, -0.15) is 25.8 Å². The van der Waals surface area contributed by atoms with Gasteiger partial charge in [-0.3, -0.25) is 4.55 Å². The van der Waals surface area contributed by atoms with E-state index in [9.17, 15) is 8.42 Å². The van der Waals surface area contributed by atoms with Crippen molar-refractivity contribution in [2.45, 2.75) is 29.5 Å². The van der Waals surface area contributed by atoms with Gasteiger partial charge in [0.05, 0.1) is 0 Å². The molecule has 3 fully saturated rings. The fraction of sp³-hybridized carbons (Fsp3) is 1.00. The highest BCUT2D eigenvalue weighted by molar-refractivity contribution is 7.84. The van der Waals surface area contributed by atoms with Gasteiger partial charge in [0.25, 0.3) is 0 Å². The van der Waals surface area contributed by atoms with Crippen LogP contribution >= 0.6 is 12.6 Å². The molecule has 2 N–H and O–H groups in total. The first-order valence-electron chi connectivity index (χ1n) is 3.31. The average Bonchev–Trinajstić information content (AvgIpc) is 1.53. The Labute approximate surface area is 70.7 Å². The Hall–Kier alpha value is 0.220. The standard InChI is InChI=1S/C5H9NO3S2/c7-11(8,9)6-4-1-5(10,2-4)3-4/h6,10H,1-3H2,(H,7,8,9). The molecule has 3 aliphatic rings. The maximum Gasteiger partial charge on any atom is 0.333 e. The van der Waals surface area contributed by atoms with Crippen LogP contribution in [0.4, 0.5) is 0 Å². The first kappa shape index (κ1) is 7.85. The van der Waals surface area contributed by atoms with E-state index in [1.165, 1.54) is 0 Å². The SMILES string of the molecule is O=S(=O)(O)NC12CC(S)(C1)C2. The van der Waals surface area contributed by atoms with Gasteiger partial charge >= 0.3 is 10.3 Å². The highest BCUT2D eigenvalue weighted by Gasteiger charge is 2.67. The van der Waals surface area contributed by atoms with Crippen LogP contribution in [0.25, 0.3) is 0 Å². The largest absolute Gasteiger partial charge is 0.333 e. The van der Waals surface area contributed by atoms with Gasteiger partial charge in [-0.05, 0) is 19.3 Å². The van der Waals surface area contributed by atoms with E-state index in [0.717, 1.165) is 19.3 Å². The molecule has 2 bridgehead atoms. The monoisotopic (exact) mass is 195 g/mol. The maximum atomic E-state index is 10.4. The van der Waals surface area contributed by atoms with Gasteiger partial charge in [-0.1, -0.05) is 0 Å². The van der Waals surface area contributed by atoms with Crippen LogP contribution in [-0.4, -0.2) is 23.3 Å². The molecule has 0 aliphatic heterocycles. The normalized spacial score (nSPS) is 47.8. The molecule has 0 aromatic heterocycles. The Morgan fingerprint density at radius 3 is 2.09 bits per heavy atom. The van der Waals surface area contributed by atoms with E-state index < -0.39 is 10.3 Å². The first-order chi connectivity index (χ1) is 4.83. The zero-order valence-electron chi connectivity index (χ0n) is 5.74. The van der Waals surface area contributed by atoms with Crippen molar-refractivity contribution < 1.29 is 13.0 Å². The second-order valence-corrected chi connectivity index (χ2v) is 5.72. The van der Waals surface area contributed by atoms with Crippen molar-refractivity contribution in [2.24, 2.45) is 0 Å². The van der Waals surface area contributed by atoms with Crippen LogP contribution in [0.5, 0.6) is 0 Å². The molecule has 11 heavy (non-hydrogen) atoms. The van der Waals surface area contributed by atoms with Crippen molar-refractivity contribution in [1.82, 2.24) is 4.72 Å². The van der Waals surface area contributed by atoms with E-state index in [1.807, 2.05) is 0 Å². The third kappa shape index (κ3) is 1.18. The highest BCUT2D eigenvalue weighted by Crippen LogP contribution is 2.64. The van der Waals surface area contributed by atoms with Gasteiger partial charge in [-0.25, -0.2) is 0 Å². The molecule has 0 radical (unpaired) electrons. The summed E-state index contributed by atoms with van der Waals surface area (Å²) in [4.78, 5) is 0. The predicted octanol–water partition coefficient (Wildman–Crippen LogP) is -0.0163. The number of rotatable bonds is 2. The summed E-state index contributed by atoms with van der Waals surface area (Å²) in [6.45, 7) is 0. The number of thiol groups is 1. The highest BCUT2D eigenvalue weighted by atomic mass is 32.2. The molecule has 0 aromatic carbocycles. The molecule has 3 saturated carbocycles. The van der Waals surface area contributed by atoms with Crippen molar-refractivity contribution in [3.8, 4) is 0 Å². The van der Waals surface area contributed by atoms with Crippen molar-refractivity contribution in [1.29, 1.82) is 0 Å². The van der Waals surface area contributed by atoms with E-state index in [1.54, 1.807) is 0 Å². The fourth-order valence-electron chi connectivity index (χ4n) is 2.12. The van der Waals surface area contributed by atoms with Gasteiger partial charge in [-0.15, -0.1) is 0 Å². The quantitative estimate of drug-likeness (QED) is 0.428. The summed E-state index contributed by atoms with van der Waals surface area (Å²) in [5, 5.41) is 0. The third-order valence-electron chi connectivity index (χ3n) is 2.35. The summed E-state index contributed by atoms with van der Waals surface area (Å²) in [7, 11) is -4.02. The summed E-state index contributed by atoms with van der Waals surface area (Å²) in [6, 6.07) is 0. The minimum absolute atomic E-state index is 0.0533. The van der Waals surface area contributed by atoms with Crippen molar-refractivity contribution in [3.63, 3.8) is 0 Å². The molecular weight excluding hydrogens is 186 g/mol. The van der Waals surface area contributed by atoms with Crippen LogP contribution < -0.4 is 4.72 Å². The van der Waals surface area contributed by atoms with Crippen molar-refractivity contribution in [2.75, 3.05) is 0 Å². The van der Waals surface area contributed by atoms with Crippen LogP contribution in [0.15, 0.2) is 0 Å². The van der Waals surface area contributed by atoms with Crippen molar-refractivity contribution in [3.05, 3.63) is 0 Å². The van der Waals surface area contributed by atoms with Gasteiger partial charge in [0.15, 0.2) is 0 Å². The topological polar surface area (TPSA) is 66.4 Å². The molecular formula is C5H9NO3S2. The van der Waals surface area contributed by atoms with Crippen LogP contribution in [-0.2, 0) is 10.3 Å². The zero-order chi connectivity index (χ0) is 8.33. The Kier molecular flexibility index (Phi) is 1.26. The Morgan fingerprint density at radius 2 is 1.82 bits per heavy atom. The van der Waals surface area contributed by atoms with Crippen LogP contribution in [0.3, 0.4) is 0 Å². The zero-order valence-corrected chi connectivity index (χ0v) is 7.45. The third-order valence-corrected chi connectivity index (χ3v) is 3.51. The molecule has 3 rings (SSSR count). The van der Waals surface area contributed by atoms with E-state index in [4.69, 9.17) is 4.55 Å². The molecule has 64 valence electrons. The lowest BCUT2D eigenvalue weighted by Gasteiger charge is -2.67. The number of hydrogen-bond acceptors (Lipinski definition) is 3. The number of hydrogen-bond donors (Lipinski definition) is 3. The van der Waals surface area contributed by atoms with E-state index in [0.29, 0.717) is 0 Å². The van der Waals surface area contributed by atoms with E-state index >= 15 is 0 Å². The van der Waals surface area contributed by atoms with Crippen LogP contribution in [0, 0.1) is 0 Å². The van der Waals surface area contributed by atoms with Crippen LogP contribution in [0.1, 0.15) is 19.3 Å². The minimum atomic E-state index is -4.02. The minimum Gasteiger partial charge on any atom is -0.273 e. The van der Waals surface area contributed by atoms with Gasteiger partial charge in [0, 0.05) is 10.3 Å². The van der Waals surface area contributed by atoms with E-state index in [2.05, 4.69) is 17.4 Å². The first-order valence-corrected chi connectivity index (χ1v) is 5.20. The smallest absolute Gasteiger partial charge is 0.273 e. The molecule has 0 aromatic rings. The lowest BCUT2D eigenvalue weighted by atomic mass is 9.49. The van der Waals surface area contributed by atoms with Gasteiger partial charge in [0.2, 0.25) is 0 Å². The van der Waals surface area contributed by atoms with Gasteiger partial charge < -0.3 is 0 Å². The number of nitrogens with one attached hydrogen (secondary N) is 1. The Morgan fingerprint density at radius 1 is 1.36 bits per heavy atom. The molecule has 0 heterocycles. The molecule has 0 saturated heterocycles. The predicted molar refractivity (Wildman–Crippen MR) is 43.0 cm³/mol. The summed E-state index contributed by atoms with van der Waals surface area (Å²) in [5.41, 5.74) is -0.352. The van der Waals surface area contributed by atoms with Crippen LogP contribution in [0.2, 0.25) is 0 Å². The molecule has 3 aliphatic carbocycles. The molecule has 0 atom stereocenters. The summed E-state index contributed by atoms with van der Waals surface area (Å²) in [6.07, 6.45) is 2.22.